The van der Waals surface area contributed by atoms with Crippen molar-refractivity contribution < 1.29 is 77.3 Å². The molecule has 0 radical (unpaired) electrons. The number of rotatable bonds is 44. The molecule has 8 rings (SSSR count). The molecule has 14 amide bonds. The van der Waals surface area contributed by atoms with Gasteiger partial charge >= 0.3 is 0 Å². The molecular formula is C90H150N18O16. The van der Waals surface area contributed by atoms with Crippen LogP contribution in [0.25, 0.3) is 0 Å². The maximum atomic E-state index is 14.3. The van der Waals surface area contributed by atoms with E-state index in [9.17, 15) is 77.3 Å². The first kappa shape index (κ1) is 105. The Hall–Kier alpha value is -9.54. The van der Waals surface area contributed by atoms with Crippen LogP contribution >= 0.6 is 0 Å². The summed E-state index contributed by atoms with van der Waals surface area (Å²) in [6, 6.07) is 4.19. The van der Waals surface area contributed by atoms with Gasteiger partial charge in [0.2, 0.25) is 82.7 Å². The normalized spacial score (nSPS) is 23.8. The van der Waals surface area contributed by atoms with Crippen LogP contribution in [-0.4, -0.2) is 192 Å². The standard InChI is InChI=1S/2C44H71N9O8.2CH4/c2*1-27(54)48-33-15-5-2-12-30(33)41(58)52-37(19-9-11-25-46)43(60)49-34-16-6-4-14-32(34)42(59)53-38(26-28-20-22-29(55)23-21-28)44(61)50-35-17-7-3-13-31(35)40(57)51-36(39(47)56)18-8-10-24-45;;/h2*20-23,30-38,55H,2-19,24-26,45-46H2,1H3,(H2,47,56)(H,48,54)(H,49,60)(H,50,61)(H,51,57)(H,52,58)(H,53,59);2*1H4/t30-,31-,32-,33?,34?,35?,36?,37-,38-;30-,31-,32-,33?,34?,35?,36+,37+,38+;;/m00../s1. The van der Waals surface area contributed by atoms with E-state index in [-0.39, 0.29) is 86.7 Å². The number of phenols is 2. The predicted molar refractivity (Wildman–Crippen MR) is 473 cm³/mol. The van der Waals surface area contributed by atoms with Crippen LogP contribution in [0.3, 0.4) is 0 Å². The van der Waals surface area contributed by atoms with Crippen molar-refractivity contribution in [2.75, 3.05) is 26.2 Å². The molecule has 2 aromatic carbocycles. The average molecular weight is 1740 g/mol. The molecule has 0 bridgehead atoms. The van der Waals surface area contributed by atoms with Gasteiger partial charge in [-0.2, -0.15) is 0 Å². The molecule has 6 fully saturated rings. The molecular weight excluding hydrogens is 1590 g/mol. The number of benzene rings is 2. The molecule has 0 saturated heterocycles. The third kappa shape index (κ3) is 34.8. The van der Waals surface area contributed by atoms with Crippen LogP contribution in [0, 0.1) is 35.5 Å². The Kier molecular flexibility index (Phi) is 47.2. The molecule has 0 heterocycles. The summed E-state index contributed by atoms with van der Waals surface area (Å²) in [5, 5.41) is 55.4. The van der Waals surface area contributed by atoms with Crippen molar-refractivity contribution in [3.05, 3.63) is 59.7 Å². The van der Waals surface area contributed by atoms with Gasteiger partial charge in [-0.05, 0) is 216 Å². The fourth-order valence-corrected chi connectivity index (χ4v) is 18.3. The van der Waals surface area contributed by atoms with Gasteiger partial charge in [-0.3, -0.25) is 67.1 Å². The van der Waals surface area contributed by atoms with Gasteiger partial charge in [-0.1, -0.05) is 116 Å². The van der Waals surface area contributed by atoms with E-state index in [2.05, 4.69) is 63.8 Å². The van der Waals surface area contributed by atoms with E-state index < -0.39 is 143 Å². The zero-order valence-electron chi connectivity index (χ0n) is 71.8. The zero-order chi connectivity index (χ0) is 88.6. The number of amides is 14. The minimum atomic E-state index is -1.06. The van der Waals surface area contributed by atoms with Crippen molar-refractivity contribution in [2.24, 2.45) is 69.9 Å². The minimum Gasteiger partial charge on any atom is -0.508 e. The lowest BCUT2D eigenvalue weighted by molar-refractivity contribution is -0.136. The number of hydrogen-bond donors (Lipinski definition) is 20. The molecule has 7 unspecified atom stereocenters. The Morgan fingerprint density at radius 2 is 0.484 bits per heavy atom. The Balaban J connectivity index is 0.000000433. The number of phenolic OH excluding ortho intramolecular Hbond substituents is 2. The molecule has 0 aliphatic heterocycles. The van der Waals surface area contributed by atoms with Crippen LogP contribution in [0.1, 0.15) is 271 Å². The van der Waals surface area contributed by atoms with Gasteiger partial charge in [0.15, 0.2) is 0 Å². The lowest BCUT2D eigenvalue weighted by Crippen LogP contribution is -2.59. The lowest BCUT2D eigenvalue weighted by Gasteiger charge is -2.35. The van der Waals surface area contributed by atoms with Gasteiger partial charge in [0.05, 0.1) is 35.5 Å². The highest BCUT2D eigenvalue weighted by Crippen LogP contribution is 2.33. The van der Waals surface area contributed by atoms with Crippen LogP contribution in [0.4, 0.5) is 0 Å². The third-order valence-corrected chi connectivity index (χ3v) is 25.1. The van der Waals surface area contributed by atoms with Crippen molar-refractivity contribution in [3.8, 4) is 11.5 Å². The summed E-state index contributed by atoms with van der Waals surface area (Å²) in [7, 11) is 0. The third-order valence-electron chi connectivity index (χ3n) is 25.1. The number of unbranched alkanes of at least 4 members (excludes halogenated alkanes) is 4. The summed E-state index contributed by atoms with van der Waals surface area (Å²) in [5.41, 5.74) is 35.3. The van der Waals surface area contributed by atoms with Gasteiger partial charge in [0, 0.05) is 62.9 Å². The number of nitrogens with one attached hydrogen (secondary N) is 12. The quantitative estimate of drug-likeness (QED) is 0.0421. The Morgan fingerprint density at radius 1 is 0.290 bits per heavy atom. The maximum absolute atomic E-state index is 14.3. The van der Waals surface area contributed by atoms with E-state index in [0.29, 0.717) is 191 Å². The topological polar surface area (TPSA) is 580 Å². The first-order valence-electron chi connectivity index (χ1n) is 45.1. The second kappa shape index (κ2) is 55.7. The highest BCUT2D eigenvalue weighted by molar-refractivity contribution is 5.95. The maximum Gasteiger partial charge on any atom is 0.243 e. The fourth-order valence-electron chi connectivity index (χ4n) is 18.3. The van der Waals surface area contributed by atoms with E-state index >= 15 is 0 Å². The lowest BCUT2D eigenvalue weighted by atomic mass is 9.82. The molecule has 6 aliphatic carbocycles. The van der Waals surface area contributed by atoms with E-state index in [4.69, 9.17) is 34.4 Å². The van der Waals surface area contributed by atoms with Crippen LogP contribution in [0.15, 0.2) is 48.5 Å². The number of nitrogens with two attached hydrogens (primary N) is 6. The van der Waals surface area contributed by atoms with Gasteiger partial charge in [0.1, 0.15) is 47.8 Å². The first-order valence-corrected chi connectivity index (χ1v) is 45.1. The summed E-state index contributed by atoms with van der Waals surface area (Å²) in [5.74, 6) is -9.05. The second-order valence-electron chi connectivity index (χ2n) is 34.5. The van der Waals surface area contributed by atoms with Crippen molar-refractivity contribution in [1.82, 2.24) is 63.8 Å². The zero-order valence-corrected chi connectivity index (χ0v) is 71.8. The minimum absolute atomic E-state index is 0. The van der Waals surface area contributed by atoms with Crippen LogP contribution in [0.5, 0.6) is 11.5 Å². The van der Waals surface area contributed by atoms with Crippen molar-refractivity contribution in [2.45, 2.75) is 345 Å². The molecule has 6 aliphatic rings. The summed E-state index contributed by atoms with van der Waals surface area (Å²) in [6.07, 6.45) is 22.8. The van der Waals surface area contributed by atoms with E-state index in [1.165, 1.54) is 38.1 Å². The molecule has 6 saturated carbocycles. The molecule has 26 N–H and O–H groups in total. The van der Waals surface area contributed by atoms with E-state index in [1.54, 1.807) is 24.3 Å². The van der Waals surface area contributed by atoms with Crippen LogP contribution < -0.4 is 98.2 Å². The number of carbonyl (C=O) groups is 14. The first-order chi connectivity index (χ1) is 58.6. The highest BCUT2D eigenvalue weighted by Gasteiger charge is 2.43. The van der Waals surface area contributed by atoms with Crippen molar-refractivity contribution >= 4 is 82.7 Å². The number of carbonyl (C=O) groups excluding carboxylic acids is 14. The van der Waals surface area contributed by atoms with Crippen LogP contribution in [-0.2, 0) is 80.0 Å². The van der Waals surface area contributed by atoms with Crippen LogP contribution in [0.2, 0.25) is 0 Å². The second-order valence-corrected chi connectivity index (χ2v) is 34.5. The summed E-state index contributed by atoms with van der Waals surface area (Å²) in [4.78, 5) is 188. The number of primary amides is 2. The average Bonchev–Trinajstić information content (AvgIpc) is 0.840. The summed E-state index contributed by atoms with van der Waals surface area (Å²) in [6.45, 7) is 4.62. The van der Waals surface area contributed by atoms with Gasteiger partial charge in [-0.15, -0.1) is 0 Å². The molecule has 696 valence electrons. The Labute approximate surface area is 732 Å². The van der Waals surface area contributed by atoms with Gasteiger partial charge < -0.3 is 108 Å². The van der Waals surface area contributed by atoms with Crippen molar-refractivity contribution in [1.29, 1.82) is 0 Å². The predicted octanol–water partition coefficient (Wildman–Crippen LogP) is 3.63. The monoisotopic (exact) mass is 1740 g/mol. The summed E-state index contributed by atoms with van der Waals surface area (Å²) >= 11 is 0. The SMILES string of the molecule is C.C.CC(=O)NC1CCCC[C@@H]1C(=O)N[C@@H](CCCCN)C(=O)NC1CCCC[C@@H]1C(=O)N[C@@H](Cc1ccc(O)cc1)C(=O)NC1CCCC[C@@H]1C(=O)NC(CCCCN)C(N)=O.CC(=O)NC1CCCC[C@@H]1C(=O)N[C@H](CCCCN)C(=O)NC1CCCC[C@@H]1C(=O)N[C@H](Cc1ccc(O)cc1)C(=O)NC1CCCC[C@@H]1C(=O)N[C@H](CCCCN)C(N)=O. The van der Waals surface area contributed by atoms with Gasteiger partial charge in [-0.25, -0.2) is 0 Å². The Morgan fingerprint density at radius 3 is 0.702 bits per heavy atom. The summed E-state index contributed by atoms with van der Waals surface area (Å²) < 4.78 is 0. The van der Waals surface area contributed by atoms with E-state index in [1.807, 2.05) is 0 Å². The van der Waals surface area contributed by atoms with Crippen molar-refractivity contribution in [3.63, 3.8) is 0 Å². The molecule has 0 spiro atoms. The molecule has 34 heteroatoms. The van der Waals surface area contributed by atoms with Gasteiger partial charge in [0.25, 0.3) is 0 Å². The number of aromatic hydroxyl groups is 2. The number of hydrogen-bond acceptors (Lipinski definition) is 20. The Bertz CT molecular complexity index is 3490. The molecule has 124 heavy (non-hydrogen) atoms. The molecule has 18 atom stereocenters. The molecule has 0 aromatic heterocycles. The largest absolute Gasteiger partial charge is 0.508 e. The molecule has 2 aromatic rings. The van der Waals surface area contributed by atoms with E-state index in [0.717, 1.165) is 77.0 Å². The highest BCUT2D eigenvalue weighted by atomic mass is 16.3. The molecule has 34 nitrogen and oxygen atoms in total. The fraction of sp³-hybridized carbons (Fsp3) is 0.711. The smallest absolute Gasteiger partial charge is 0.243 e.